The molecule has 0 aromatic heterocycles. The van der Waals surface area contributed by atoms with Gasteiger partial charge in [0.15, 0.2) is 12.7 Å². The molecule has 0 spiro atoms. The molecular weight excluding hydrogens is 219 g/mol. The molecule has 6 heteroatoms. The zero-order valence-electron chi connectivity index (χ0n) is 9.21. The van der Waals surface area contributed by atoms with E-state index in [1.54, 1.807) is 0 Å². The van der Waals surface area contributed by atoms with Crippen molar-refractivity contribution in [3.8, 4) is 0 Å². The fraction of sp³-hybridized carbons (Fsp3) is 1.00. The zero-order valence-corrected chi connectivity index (χ0v) is 10.0. The highest BCUT2D eigenvalue weighted by molar-refractivity contribution is 7.89. The molecule has 1 rings (SSSR count). The average Bonchev–Trinajstić information content (AvgIpc) is 2.52. The molecular formula is C9H20FN2O2S+. The van der Waals surface area contributed by atoms with Gasteiger partial charge in [-0.25, -0.2) is 12.8 Å². The average molecular weight is 239 g/mol. The van der Waals surface area contributed by atoms with Gasteiger partial charge < -0.3 is 4.48 Å². The normalized spacial score (nSPS) is 20.7. The van der Waals surface area contributed by atoms with E-state index < -0.39 is 16.8 Å². The minimum Gasteiger partial charge on any atom is -0.310 e. The Hall–Kier alpha value is -0.200. The third-order valence-electron chi connectivity index (χ3n) is 2.93. The van der Waals surface area contributed by atoms with Crippen LogP contribution in [0, 0.1) is 0 Å². The molecule has 1 aliphatic rings. The first-order valence-electron chi connectivity index (χ1n) is 5.42. The van der Waals surface area contributed by atoms with E-state index in [9.17, 15) is 12.8 Å². The van der Waals surface area contributed by atoms with Crippen LogP contribution in [0.2, 0.25) is 0 Å². The van der Waals surface area contributed by atoms with Crippen molar-refractivity contribution in [2.45, 2.75) is 26.2 Å². The predicted octanol–water partition coefficient (Wildman–Crippen LogP) is 0.811. The summed E-state index contributed by atoms with van der Waals surface area (Å²) in [5.74, 6) is 0.0325. The number of nitrogens with zero attached hydrogens (tertiary/aromatic N) is 1. The van der Waals surface area contributed by atoms with Crippen LogP contribution in [-0.2, 0) is 10.0 Å². The molecule has 1 saturated heterocycles. The van der Waals surface area contributed by atoms with Crippen LogP contribution in [0.1, 0.15) is 26.2 Å². The second-order valence-corrected chi connectivity index (χ2v) is 6.02. The number of quaternary nitrogens is 1. The van der Waals surface area contributed by atoms with Gasteiger partial charge in [0, 0.05) is 12.8 Å². The summed E-state index contributed by atoms with van der Waals surface area (Å²) in [7, 11) is -3.45. The van der Waals surface area contributed by atoms with Crippen molar-refractivity contribution in [2.24, 2.45) is 0 Å². The van der Waals surface area contributed by atoms with Gasteiger partial charge in [0.1, 0.15) is 0 Å². The lowest BCUT2D eigenvalue weighted by Crippen LogP contribution is -2.51. The number of halogens is 1. The van der Waals surface area contributed by atoms with E-state index in [-0.39, 0.29) is 5.88 Å². The number of nitrogens with one attached hydrogen (secondary N) is 1. The maximum atomic E-state index is 12.0. The molecule has 1 fully saturated rings. The number of rotatable bonds is 6. The van der Waals surface area contributed by atoms with Gasteiger partial charge in [-0.05, 0) is 6.42 Å². The van der Waals surface area contributed by atoms with Gasteiger partial charge in [-0.15, -0.1) is 0 Å². The minimum atomic E-state index is -3.45. The van der Waals surface area contributed by atoms with Gasteiger partial charge in [-0.2, -0.15) is 4.72 Å². The van der Waals surface area contributed by atoms with Gasteiger partial charge in [0.2, 0.25) is 0 Å². The van der Waals surface area contributed by atoms with E-state index in [2.05, 4.69) is 0 Å². The molecule has 0 amide bonds. The highest BCUT2D eigenvalue weighted by atomic mass is 32.2. The first kappa shape index (κ1) is 12.9. The Morgan fingerprint density at radius 2 is 1.93 bits per heavy atom. The lowest BCUT2D eigenvalue weighted by molar-refractivity contribution is -0.905. The summed E-state index contributed by atoms with van der Waals surface area (Å²) in [4.78, 5) is 0. The summed E-state index contributed by atoms with van der Waals surface area (Å²) >= 11 is 0. The molecule has 0 radical (unpaired) electrons. The SMILES string of the molecule is CCC[N+]1(CS(=O)(=O)NCF)CCCC1. The Kier molecular flexibility index (Phi) is 4.48. The van der Waals surface area contributed by atoms with Gasteiger partial charge >= 0.3 is 0 Å². The third kappa shape index (κ3) is 3.70. The largest absolute Gasteiger partial charge is 0.310 e. The van der Waals surface area contributed by atoms with E-state index in [1.165, 1.54) is 0 Å². The van der Waals surface area contributed by atoms with Crippen molar-refractivity contribution < 1.29 is 17.3 Å². The zero-order chi connectivity index (χ0) is 11.4. The van der Waals surface area contributed by atoms with Crippen LogP contribution in [0.15, 0.2) is 0 Å². The van der Waals surface area contributed by atoms with Crippen LogP contribution >= 0.6 is 0 Å². The lowest BCUT2D eigenvalue weighted by Gasteiger charge is -2.33. The summed E-state index contributed by atoms with van der Waals surface area (Å²) in [5, 5.41) is 0. The minimum absolute atomic E-state index is 0.0325. The molecule has 0 aliphatic carbocycles. The van der Waals surface area contributed by atoms with Crippen molar-refractivity contribution in [1.29, 1.82) is 0 Å². The van der Waals surface area contributed by atoms with Crippen molar-refractivity contribution in [2.75, 3.05) is 32.3 Å². The lowest BCUT2D eigenvalue weighted by atomic mass is 10.4. The van der Waals surface area contributed by atoms with Crippen molar-refractivity contribution in [3.63, 3.8) is 0 Å². The molecule has 0 aromatic rings. The first-order chi connectivity index (χ1) is 7.04. The second-order valence-electron chi connectivity index (χ2n) is 4.24. The molecule has 1 heterocycles. The fourth-order valence-electron chi connectivity index (χ4n) is 2.39. The summed E-state index contributed by atoms with van der Waals surface area (Å²) in [6.45, 7) is 3.72. The summed E-state index contributed by atoms with van der Waals surface area (Å²) in [6.07, 6.45) is 3.11. The molecule has 4 nitrogen and oxygen atoms in total. The number of alkyl halides is 1. The summed E-state index contributed by atoms with van der Waals surface area (Å²) in [6, 6.07) is 0. The quantitative estimate of drug-likeness (QED) is 0.551. The van der Waals surface area contributed by atoms with Crippen LogP contribution in [0.3, 0.4) is 0 Å². The van der Waals surface area contributed by atoms with Crippen LogP contribution in [-0.4, -0.2) is 45.2 Å². The number of hydrogen-bond donors (Lipinski definition) is 1. The van der Waals surface area contributed by atoms with Crippen LogP contribution < -0.4 is 4.72 Å². The molecule has 0 bridgehead atoms. The standard InChI is InChI=1S/C9H20FN2O2S/c1-2-5-12(6-3-4-7-12)9-15(13,14)11-8-10/h11H,2-9H2,1H3/q+1. The molecule has 1 aliphatic heterocycles. The maximum absolute atomic E-state index is 12.0. The second kappa shape index (κ2) is 5.23. The Labute approximate surface area is 91.1 Å². The van der Waals surface area contributed by atoms with Crippen LogP contribution in [0.4, 0.5) is 4.39 Å². The third-order valence-corrected chi connectivity index (χ3v) is 4.37. The fourth-order valence-corrected chi connectivity index (χ4v) is 3.75. The van der Waals surface area contributed by atoms with Crippen molar-refractivity contribution in [1.82, 2.24) is 4.72 Å². The van der Waals surface area contributed by atoms with Gasteiger partial charge in [0.25, 0.3) is 10.0 Å². The molecule has 90 valence electrons. The Bertz CT molecular complexity index is 286. The molecule has 0 saturated carbocycles. The molecule has 0 atom stereocenters. The first-order valence-corrected chi connectivity index (χ1v) is 7.07. The Morgan fingerprint density at radius 1 is 1.33 bits per heavy atom. The van der Waals surface area contributed by atoms with Gasteiger partial charge in [0.05, 0.1) is 19.6 Å². The van der Waals surface area contributed by atoms with Crippen LogP contribution in [0.25, 0.3) is 0 Å². The Balaban J connectivity index is 2.66. The van der Waals surface area contributed by atoms with Crippen LogP contribution in [0.5, 0.6) is 0 Å². The molecule has 1 N–H and O–H groups in total. The summed E-state index contributed by atoms with van der Waals surface area (Å²) in [5.41, 5.74) is 0. The van der Waals surface area contributed by atoms with E-state index >= 15 is 0 Å². The number of likely N-dealkylation sites (tertiary alicyclic amines) is 1. The Morgan fingerprint density at radius 3 is 2.40 bits per heavy atom. The van der Waals surface area contributed by atoms with E-state index in [0.29, 0.717) is 4.48 Å². The van der Waals surface area contributed by atoms with Gasteiger partial charge in [-0.3, -0.25) is 0 Å². The van der Waals surface area contributed by atoms with E-state index in [0.717, 1.165) is 38.9 Å². The highest BCUT2D eigenvalue weighted by Gasteiger charge is 2.35. The van der Waals surface area contributed by atoms with Crippen molar-refractivity contribution >= 4 is 10.0 Å². The van der Waals surface area contributed by atoms with E-state index in [1.807, 2.05) is 11.6 Å². The smallest absolute Gasteiger partial charge is 0.264 e. The van der Waals surface area contributed by atoms with Crippen molar-refractivity contribution in [3.05, 3.63) is 0 Å². The monoisotopic (exact) mass is 239 g/mol. The molecule has 0 aromatic carbocycles. The summed E-state index contributed by atoms with van der Waals surface area (Å²) < 4.78 is 37.5. The predicted molar refractivity (Wildman–Crippen MR) is 57.3 cm³/mol. The molecule has 0 unspecified atom stereocenters. The van der Waals surface area contributed by atoms with Gasteiger partial charge in [-0.1, -0.05) is 6.92 Å². The van der Waals surface area contributed by atoms with E-state index in [4.69, 9.17) is 0 Å². The molecule has 15 heavy (non-hydrogen) atoms. The highest BCUT2D eigenvalue weighted by Crippen LogP contribution is 2.21. The number of hydrogen-bond acceptors (Lipinski definition) is 2. The maximum Gasteiger partial charge on any atom is 0.264 e. The topological polar surface area (TPSA) is 46.2 Å². The number of sulfonamides is 1.